The first-order chi connectivity index (χ1) is 13.3. The molecule has 5 rings (SSSR count). The Morgan fingerprint density at radius 2 is 2.19 bits per heavy atom. The van der Waals surface area contributed by atoms with Gasteiger partial charge in [0, 0.05) is 31.4 Å². The lowest BCUT2D eigenvalue weighted by Crippen LogP contribution is -2.43. The van der Waals surface area contributed by atoms with Crippen LogP contribution in [0.3, 0.4) is 0 Å². The zero-order chi connectivity index (χ0) is 18.4. The van der Waals surface area contributed by atoms with Crippen LogP contribution in [0.4, 0.5) is 0 Å². The molecule has 1 saturated heterocycles. The minimum absolute atomic E-state index is 0.0256. The summed E-state index contributed by atoms with van der Waals surface area (Å²) in [4.78, 5) is 27.1. The predicted octanol–water partition coefficient (Wildman–Crippen LogP) is 2.59. The summed E-state index contributed by atoms with van der Waals surface area (Å²) >= 11 is 0. The SMILES string of the molecule is CC[C@@H]1CCN(C(=O)c2cn[nH]c2)C[C@@H]1c1ncc2cnc3[nH]ccc3n12. The van der Waals surface area contributed by atoms with Crippen LogP contribution in [-0.4, -0.2) is 53.4 Å². The maximum Gasteiger partial charge on any atom is 0.257 e. The van der Waals surface area contributed by atoms with Crippen LogP contribution in [0.5, 0.6) is 0 Å². The van der Waals surface area contributed by atoms with Gasteiger partial charge in [-0.25, -0.2) is 9.97 Å². The highest BCUT2D eigenvalue weighted by Gasteiger charge is 2.34. The van der Waals surface area contributed by atoms with Crippen molar-refractivity contribution >= 4 is 22.6 Å². The lowest BCUT2D eigenvalue weighted by Gasteiger charge is -2.37. The van der Waals surface area contributed by atoms with Crippen molar-refractivity contribution in [3.05, 3.63) is 48.4 Å². The monoisotopic (exact) mass is 363 g/mol. The van der Waals surface area contributed by atoms with Gasteiger partial charge in [0.15, 0.2) is 5.65 Å². The number of likely N-dealkylation sites (tertiary alicyclic amines) is 1. The predicted molar refractivity (Wildman–Crippen MR) is 100 cm³/mol. The normalized spacial score (nSPS) is 20.6. The molecule has 0 spiro atoms. The largest absolute Gasteiger partial charge is 0.345 e. The summed E-state index contributed by atoms with van der Waals surface area (Å²) in [6.07, 6.45) is 10.9. The van der Waals surface area contributed by atoms with Crippen LogP contribution in [0.2, 0.25) is 0 Å². The smallest absolute Gasteiger partial charge is 0.257 e. The highest BCUT2D eigenvalue weighted by Crippen LogP contribution is 2.35. The highest BCUT2D eigenvalue weighted by molar-refractivity contribution is 5.93. The molecular formula is C19H21N7O. The molecule has 4 aromatic heterocycles. The number of aromatic nitrogens is 6. The van der Waals surface area contributed by atoms with Gasteiger partial charge in [0.05, 0.1) is 35.2 Å². The van der Waals surface area contributed by atoms with Crippen LogP contribution in [0.25, 0.3) is 16.7 Å². The minimum Gasteiger partial charge on any atom is -0.345 e. The third kappa shape index (κ3) is 2.51. The van der Waals surface area contributed by atoms with E-state index in [-0.39, 0.29) is 11.8 Å². The van der Waals surface area contributed by atoms with E-state index in [1.807, 2.05) is 29.6 Å². The minimum atomic E-state index is 0.0256. The number of carbonyl (C=O) groups excluding carboxylic acids is 1. The molecule has 0 aromatic carbocycles. The Labute approximate surface area is 155 Å². The first-order valence-corrected chi connectivity index (χ1v) is 9.33. The molecular weight excluding hydrogens is 342 g/mol. The standard InChI is InChI=1S/C19H21N7O/c1-2-12-4-6-25(19(27)13-7-23-24-8-13)11-15(12)18-22-10-14-9-21-17-16(26(14)18)3-5-20-17/h3,5,7-10,12,15,20H,2,4,6,11H2,1H3,(H,23,24)/t12-,15+/m1/s1. The molecule has 0 aliphatic carbocycles. The fourth-order valence-corrected chi connectivity index (χ4v) is 4.28. The van der Waals surface area contributed by atoms with E-state index in [0.29, 0.717) is 18.0 Å². The quantitative estimate of drug-likeness (QED) is 0.585. The molecule has 0 radical (unpaired) electrons. The highest BCUT2D eigenvalue weighted by atomic mass is 16.2. The molecule has 0 unspecified atom stereocenters. The molecule has 8 heteroatoms. The number of piperidine rings is 1. The molecule has 1 amide bonds. The van der Waals surface area contributed by atoms with Gasteiger partial charge in [-0.2, -0.15) is 5.10 Å². The van der Waals surface area contributed by atoms with E-state index in [1.165, 1.54) is 0 Å². The number of imidazole rings is 1. The number of amides is 1. The third-order valence-corrected chi connectivity index (χ3v) is 5.73. The van der Waals surface area contributed by atoms with E-state index >= 15 is 0 Å². The van der Waals surface area contributed by atoms with E-state index < -0.39 is 0 Å². The van der Waals surface area contributed by atoms with Crippen molar-refractivity contribution < 1.29 is 4.79 Å². The topological polar surface area (TPSA) is 95.0 Å². The van der Waals surface area contributed by atoms with Crippen molar-refractivity contribution in [2.45, 2.75) is 25.7 Å². The number of fused-ring (bicyclic) bond motifs is 3. The van der Waals surface area contributed by atoms with E-state index in [4.69, 9.17) is 4.98 Å². The lowest BCUT2D eigenvalue weighted by molar-refractivity contribution is 0.0652. The Morgan fingerprint density at radius 1 is 1.30 bits per heavy atom. The summed E-state index contributed by atoms with van der Waals surface area (Å²) in [6.45, 7) is 3.65. The zero-order valence-electron chi connectivity index (χ0n) is 15.1. The maximum absolute atomic E-state index is 12.8. The van der Waals surface area contributed by atoms with E-state index in [2.05, 4.69) is 31.5 Å². The van der Waals surface area contributed by atoms with Gasteiger partial charge in [-0.1, -0.05) is 13.3 Å². The van der Waals surface area contributed by atoms with Crippen molar-refractivity contribution in [1.82, 2.24) is 34.4 Å². The van der Waals surface area contributed by atoms with Crippen molar-refractivity contribution in [1.29, 1.82) is 0 Å². The molecule has 5 heterocycles. The molecule has 2 atom stereocenters. The summed E-state index contributed by atoms with van der Waals surface area (Å²) in [5, 5.41) is 6.63. The van der Waals surface area contributed by atoms with Crippen LogP contribution >= 0.6 is 0 Å². The number of aromatic amines is 2. The summed E-state index contributed by atoms with van der Waals surface area (Å²) in [5.74, 6) is 1.71. The number of nitrogens with zero attached hydrogens (tertiary/aromatic N) is 5. The van der Waals surface area contributed by atoms with Gasteiger partial charge in [-0.05, 0) is 18.4 Å². The first kappa shape index (κ1) is 16.0. The Kier molecular flexibility index (Phi) is 3.70. The Morgan fingerprint density at radius 3 is 3.00 bits per heavy atom. The van der Waals surface area contributed by atoms with Crippen molar-refractivity contribution in [2.75, 3.05) is 13.1 Å². The van der Waals surface area contributed by atoms with E-state index in [1.54, 1.807) is 12.4 Å². The second kappa shape index (κ2) is 6.22. The van der Waals surface area contributed by atoms with Gasteiger partial charge in [-0.15, -0.1) is 0 Å². The fourth-order valence-electron chi connectivity index (χ4n) is 4.28. The summed E-state index contributed by atoms with van der Waals surface area (Å²) < 4.78 is 2.18. The number of carbonyl (C=O) groups is 1. The molecule has 2 N–H and O–H groups in total. The summed E-state index contributed by atoms with van der Waals surface area (Å²) in [6, 6.07) is 2.03. The van der Waals surface area contributed by atoms with Crippen LogP contribution in [0, 0.1) is 5.92 Å². The van der Waals surface area contributed by atoms with Crippen LogP contribution in [0.15, 0.2) is 37.1 Å². The van der Waals surface area contributed by atoms with Crippen molar-refractivity contribution in [3.63, 3.8) is 0 Å². The molecule has 4 aromatic rings. The molecule has 1 aliphatic heterocycles. The van der Waals surface area contributed by atoms with E-state index in [9.17, 15) is 4.79 Å². The second-order valence-corrected chi connectivity index (χ2v) is 7.15. The van der Waals surface area contributed by atoms with Crippen LogP contribution in [0.1, 0.15) is 41.9 Å². The van der Waals surface area contributed by atoms with Gasteiger partial charge in [0.2, 0.25) is 0 Å². The number of nitrogens with one attached hydrogen (secondary N) is 2. The average Bonchev–Trinajstić information content (AvgIpc) is 3.46. The fraction of sp³-hybridized carbons (Fsp3) is 0.368. The van der Waals surface area contributed by atoms with Crippen molar-refractivity contribution in [2.24, 2.45) is 5.92 Å². The Bertz CT molecular complexity index is 1090. The van der Waals surface area contributed by atoms with Crippen LogP contribution < -0.4 is 0 Å². The average molecular weight is 363 g/mol. The number of hydrogen-bond donors (Lipinski definition) is 2. The van der Waals surface area contributed by atoms with Gasteiger partial charge in [0.25, 0.3) is 5.91 Å². The number of rotatable bonds is 3. The van der Waals surface area contributed by atoms with Crippen molar-refractivity contribution in [3.8, 4) is 0 Å². The molecule has 138 valence electrons. The number of H-pyrrole nitrogens is 2. The molecule has 1 fully saturated rings. The van der Waals surface area contributed by atoms with Gasteiger partial charge in [0.1, 0.15) is 5.82 Å². The lowest BCUT2D eigenvalue weighted by atomic mass is 9.83. The Balaban J connectivity index is 1.56. The van der Waals surface area contributed by atoms with Gasteiger partial charge < -0.3 is 9.88 Å². The van der Waals surface area contributed by atoms with E-state index in [0.717, 1.165) is 41.9 Å². The van der Waals surface area contributed by atoms with Gasteiger partial charge >= 0.3 is 0 Å². The first-order valence-electron chi connectivity index (χ1n) is 9.33. The summed E-state index contributed by atoms with van der Waals surface area (Å²) in [7, 11) is 0. The van der Waals surface area contributed by atoms with Crippen LogP contribution in [-0.2, 0) is 0 Å². The molecule has 27 heavy (non-hydrogen) atoms. The number of hydrogen-bond acceptors (Lipinski definition) is 4. The summed E-state index contributed by atoms with van der Waals surface area (Å²) in [5.41, 5.74) is 3.45. The molecule has 0 bridgehead atoms. The molecule has 0 saturated carbocycles. The maximum atomic E-state index is 12.8. The van der Waals surface area contributed by atoms with Gasteiger partial charge in [-0.3, -0.25) is 14.3 Å². The zero-order valence-corrected chi connectivity index (χ0v) is 15.1. The molecule has 1 aliphatic rings. The third-order valence-electron chi connectivity index (χ3n) is 5.73. The molecule has 8 nitrogen and oxygen atoms in total. The second-order valence-electron chi connectivity index (χ2n) is 7.15. The Hall–Kier alpha value is -3.16.